The molecule has 4 rings (SSSR count). The van der Waals surface area contributed by atoms with Crippen LogP contribution in [0.15, 0.2) is 78.9 Å². The quantitative estimate of drug-likeness (QED) is 0.460. The normalized spacial score (nSPS) is 13.9. The third kappa shape index (κ3) is 5.59. The molecule has 3 aromatic rings. The summed E-state index contributed by atoms with van der Waals surface area (Å²) in [4.78, 5) is 29.4. The Balaban J connectivity index is 1.68. The van der Waals surface area contributed by atoms with Gasteiger partial charge in [0.05, 0.1) is 11.3 Å². The summed E-state index contributed by atoms with van der Waals surface area (Å²) in [7, 11) is 5.47. The molecular weight excluding hydrogens is 440 g/mol. The highest BCUT2D eigenvalue weighted by atomic mass is 16.5. The number of amides is 2. The summed E-state index contributed by atoms with van der Waals surface area (Å²) in [6.45, 7) is 1.30. The highest BCUT2D eigenvalue weighted by molar-refractivity contribution is 6.37. The number of hydrogen-bond donors (Lipinski definition) is 2. The van der Waals surface area contributed by atoms with E-state index in [0.717, 1.165) is 40.4 Å². The zero-order valence-corrected chi connectivity index (χ0v) is 20.2. The van der Waals surface area contributed by atoms with Gasteiger partial charge in [-0.05, 0) is 50.0 Å². The molecule has 1 heterocycles. The number of methoxy groups -OCH3 is 1. The Morgan fingerprint density at radius 2 is 1.60 bits per heavy atom. The number of anilines is 3. The van der Waals surface area contributed by atoms with Crippen LogP contribution in [0.4, 0.5) is 17.1 Å². The van der Waals surface area contributed by atoms with Crippen LogP contribution in [-0.4, -0.2) is 57.6 Å². The Morgan fingerprint density at radius 3 is 2.29 bits per heavy atom. The second-order valence-electron chi connectivity index (χ2n) is 8.57. The molecule has 2 N–H and O–H groups in total. The molecule has 35 heavy (non-hydrogen) atoms. The zero-order chi connectivity index (χ0) is 24.8. The SMILES string of the molecule is COCC(=O)N(CCN(C)C)c1ccc(N/C(=C2\C(=O)Nc3ccccc32)c2ccccc2)cc1. The fourth-order valence-corrected chi connectivity index (χ4v) is 4.02. The van der Waals surface area contributed by atoms with Crippen LogP contribution in [0.3, 0.4) is 0 Å². The molecule has 0 spiro atoms. The van der Waals surface area contributed by atoms with Gasteiger partial charge in [0.2, 0.25) is 0 Å². The lowest BCUT2D eigenvalue weighted by atomic mass is 10.00. The number of fused-ring (bicyclic) bond motifs is 1. The molecule has 1 aliphatic rings. The molecule has 0 bridgehead atoms. The average Bonchev–Trinajstić information content (AvgIpc) is 3.19. The van der Waals surface area contributed by atoms with Crippen molar-refractivity contribution in [3.05, 3.63) is 90.0 Å². The molecule has 0 unspecified atom stereocenters. The second kappa shape index (κ2) is 11.0. The maximum Gasteiger partial charge on any atom is 0.258 e. The predicted molar refractivity (Wildman–Crippen MR) is 141 cm³/mol. The average molecular weight is 471 g/mol. The van der Waals surface area contributed by atoms with Crippen molar-refractivity contribution < 1.29 is 14.3 Å². The summed E-state index contributed by atoms with van der Waals surface area (Å²) in [5.74, 6) is -0.240. The van der Waals surface area contributed by atoms with E-state index in [-0.39, 0.29) is 18.4 Å². The molecular formula is C28H30N4O3. The van der Waals surface area contributed by atoms with Crippen LogP contribution >= 0.6 is 0 Å². The number of carbonyl (C=O) groups is 2. The summed E-state index contributed by atoms with van der Waals surface area (Å²) in [5.41, 5.74) is 5.48. The molecule has 0 atom stereocenters. The Bertz CT molecular complexity index is 1220. The highest BCUT2D eigenvalue weighted by Gasteiger charge is 2.28. The van der Waals surface area contributed by atoms with E-state index in [4.69, 9.17) is 4.74 Å². The molecule has 3 aromatic carbocycles. The number of rotatable bonds is 9. The first kappa shape index (κ1) is 24.2. The molecule has 0 aliphatic carbocycles. The zero-order valence-electron chi connectivity index (χ0n) is 20.2. The molecule has 0 radical (unpaired) electrons. The van der Waals surface area contributed by atoms with E-state index in [1.54, 1.807) is 4.90 Å². The Labute approximate surface area is 206 Å². The lowest BCUT2D eigenvalue weighted by Gasteiger charge is -2.25. The van der Waals surface area contributed by atoms with Crippen LogP contribution < -0.4 is 15.5 Å². The standard InChI is InChI=1S/C28H30N4O3/c1-31(2)17-18-32(25(33)19-35-3)22-15-13-21(14-16-22)29-27(20-9-5-4-6-10-20)26-23-11-7-8-12-24(23)30-28(26)34/h4-16,29H,17-19H2,1-3H3,(H,30,34)/b27-26-. The first-order valence-corrected chi connectivity index (χ1v) is 11.5. The van der Waals surface area contributed by atoms with E-state index in [1.807, 2.05) is 97.9 Å². The van der Waals surface area contributed by atoms with Gasteiger partial charge in [-0.15, -0.1) is 0 Å². The summed E-state index contributed by atoms with van der Waals surface area (Å²) in [6, 6.07) is 25.1. The molecule has 0 aromatic heterocycles. The van der Waals surface area contributed by atoms with Gasteiger partial charge in [0.1, 0.15) is 6.61 Å². The maximum atomic E-state index is 13.0. The number of para-hydroxylation sites is 1. The number of nitrogens with zero attached hydrogens (tertiary/aromatic N) is 2. The van der Waals surface area contributed by atoms with Crippen molar-refractivity contribution in [2.45, 2.75) is 0 Å². The minimum Gasteiger partial charge on any atom is -0.375 e. The number of benzene rings is 3. The lowest BCUT2D eigenvalue weighted by molar-refractivity contribution is -0.122. The molecule has 0 fully saturated rings. The molecule has 7 heteroatoms. The van der Waals surface area contributed by atoms with Crippen molar-refractivity contribution in [1.82, 2.24) is 4.90 Å². The van der Waals surface area contributed by atoms with E-state index in [9.17, 15) is 9.59 Å². The monoisotopic (exact) mass is 470 g/mol. The summed E-state index contributed by atoms with van der Waals surface area (Å²) in [5, 5.41) is 6.42. The molecule has 0 saturated carbocycles. The summed E-state index contributed by atoms with van der Waals surface area (Å²) < 4.78 is 5.07. The van der Waals surface area contributed by atoms with Gasteiger partial charge in [0, 0.05) is 42.8 Å². The van der Waals surface area contributed by atoms with Crippen molar-refractivity contribution in [3.63, 3.8) is 0 Å². The summed E-state index contributed by atoms with van der Waals surface area (Å²) >= 11 is 0. The Morgan fingerprint density at radius 1 is 0.914 bits per heavy atom. The van der Waals surface area contributed by atoms with E-state index < -0.39 is 0 Å². The van der Waals surface area contributed by atoms with Crippen molar-refractivity contribution in [3.8, 4) is 0 Å². The molecule has 2 amide bonds. The third-order valence-electron chi connectivity index (χ3n) is 5.77. The second-order valence-corrected chi connectivity index (χ2v) is 8.57. The van der Waals surface area contributed by atoms with E-state index >= 15 is 0 Å². The van der Waals surface area contributed by atoms with Crippen molar-refractivity contribution in [1.29, 1.82) is 0 Å². The molecule has 1 aliphatic heterocycles. The van der Waals surface area contributed by atoms with Gasteiger partial charge in [-0.1, -0.05) is 48.5 Å². The van der Waals surface area contributed by atoms with E-state index in [1.165, 1.54) is 7.11 Å². The number of carbonyl (C=O) groups excluding carboxylic acids is 2. The predicted octanol–water partition coefficient (Wildman–Crippen LogP) is 4.16. The van der Waals surface area contributed by atoms with Gasteiger partial charge < -0.3 is 25.2 Å². The van der Waals surface area contributed by atoms with Gasteiger partial charge >= 0.3 is 0 Å². The minimum atomic E-state index is -0.144. The van der Waals surface area contributed by atoms with Crippen LogP contribution in [-0.2, 0) is 14.3 Å². The van der Waals surface area contributed by atoms with Crippen molar-refractivity contribution >= 4 is 40.1 Å². The number of hydrogen-bond acceptors (Lipinski definition) is 5. The third-order valence-corrected chi connectivity index (χ3v) is 5.77. The fraction of sp³-hybridized carbons (Fsp3) is 0.214. The largest absolute Gasteiger partial charge is 0.375 e. The van der Waals surface area contributed by atoms with Crippen molar-refractivity contribution in [2.75, 3.05) is 56.4 Å². The molecule has 0 saturated heterocycles. The topological polar surface area (TPSA) is 73.9 Å². The van der Waals surface area contributed by atoms with Gasteiger partial charge in [-0.3, -0.25) is 9.59 Å². The van der Waals surface area contributed by atoms with Crippen LogP contribution in [0.25, 0.3) is 11.3 Å². The van der Waals surface area contributed by atoms with Gasteiger partial charge in [0.25, 0.3) is 11.8 Å². The lowest BCUT2D eigenvalue weighted by Crippen LogP contribution is -2.38. The van der Waals surface area contributed by atoms with Crippen LogP contribution in [0.2, 0.25) is 0 Å². The number of ether oxygens (including phenoxy) is 1. The van der Waals surface area contributed by atoms with Gasteiger partial charge in [-0.2, -0.15) is 0 Å². The summed E-state index contributed by atoms with van der Waals surface area (Å²) in [6.07, 6.45) is 0. The Kier molecular flexibility index (Phi) is 7.60. The first-order chi connectivity index (χ1) is 17.0. The number of likely N-dealkylation sites (N-methyl/N-ethyl adjacent to an activating group) is 1. The molecule has 180 valence electrons. The smallest absolute Gasteiger partial charge is 0.258 e. The van der Waals surface area contributed by atoms with Gasteiger partial charge in [-0.25, -0.2) is 0 Å². The van der Waals surface area contributed by atoms with E-state index in [0.29, 0.717) is 12.1 Å². The highest BCUT2D eigenvalue weighted by Crippen LogP contribution is 2.37. The van der Waals surface area contributed by atoms with Gasteiger partial charge in [0.15, 0.2) is 0 Å². The Hall–Kier alpha value is -3.94. The maximum absolute atomic E-state index is 13.0. The van der Waals surface area contributed by atoms with Crippen LogP contribution in [0.5, 0.6) is 0 Å². The fourth-order valence-electron chi connectivity index (χ4n) is 4.02. The van der Waals surface area contributed by atoms with Crippen molar-refractivity contribution in [2.24, 2.45) is 0 Å². The first-order valence-electron chi connectivity index (χ1n) is 11.5. The number of nitrogens with one attached hydrogen (secondary N) is 2. The van der Waals surface area contributed by atoms with E-state index in [2.05, 4.69) is 10.6 Å². The minimum absolute atomic E-state index is 0.0200. The molecule has 7 nitrogen and oxygen atoms in total. The van der Waals surface area contributed by atoms with Crippen LogP contribution in [0.1, 0.15) is 11.1 Å². The van der Waals surface area contributed by atoms with Crippen LogP contribution in [0, 0.1) is 0 Å².